The zero-order valence-electron chi connectivity index (χ0n) is 15.5. The lowest BCUT2D eigenvalue weighted by Crippen LogP contribution is -2.41. The van der Waals surface area contributed by atoms with E-state index in [1.54, 1.807) is 19.1 Å². The number of carboxylic acids is 1. The van der Waals surface area contributed by atoms with Gasteiger partial charge in [-0.3, -0.25) is 9.59 Å². The van der Waals surface area contributed by atoms with E-state index in [1.165, 1.54) is 12.3 Å². The number of carbonyl (C=O) groups is 3. The van der Waals surface area contributed by atoms with Gasteiger partial charge in [0.25, 0.3) is 0 Å². The summed E-state index contributed by atoms with van der Waals surface area (Å²) in [6.45, 7) is 2.58. The molecule has 1 aliphatic heterocycles. The van der Waals surface area contributed by atoms with Crippen molar-refractivity contribution in [2.45, 2.75) is 25.9 Å². The Morgan fingerprint density at radius 1 is 1.29 bits per heavy atom. The van der Waals surface area contributed by atoms with Gasteiger partial charge in [-0.1, -0.05) is 0 Å². The smallest absolute Gasteiger partial charge is 0.341 e. The largest absolute Gasteiger partial charge is 0.490 e. The fraction of sp³-hybridized carbons (Fsp3) is 0.444. The molecule has 0 bridgehead atoms. The standard InChI is InChI=1S/C18H23N3O7/c1-2-26-15-8-12(5-6-14(15)28-11-16(22)23)9-20-21-18(25)17(24)19-10-13-4-3-7-27-13/h5-6,8-9,13H,2-4,7,10-11H2,1H3,(H,19,24)(H,21,25)(H,22,23)/b20-9-/t13-/m1/s1. The first-order chi connectivity index (χ1) is 13.5. The molecule has 0 saturated carbocycles. The Kier molecular flexibility index (Phi) is 8.22. The van der Waals surface area contributed by atoms with Gasteiger partial charge in [-0.25, -0.2) is 10.2 Å². The number of ether oxygens (including phenoxy) is 3. The third-order valence-electron chi connectivity index (χ3n) is 3.72. The van der Waals surface area contributed by atoms with Crippen LogP contribution in [-0.4, -0.2) is 61.6 Å². The first-order valence-corrected chi connectivity index (χ1v) is 8.84. The Hall–Kier alpha value is -3.14. The van der Waals surface area contributed by atoms with Gasteiger partial charge in [0, 0.05) is 13.2 Å². The van der Waals surface area contributed by atoms with Gasteiger partial charge in [-0.05, 0) is 43.5 Å². The summed E-state index contributed by atoms with van der Waals surface area (Å²) in [5.41, 5.74) is 2.70. The van der Waals surface area contributed by atoms with Gasteiger partial charge in [0.15, 0.2) is 18.1 Å². The molecule has 1 saturated heterocycles. The molecule has 1 aromatic rings. The van der Waals surface area contributed by atoms with Crippen molar-refractivity contribution in [3.63, 3.8) is 0 Å². The molecule has 1 aromatic carbocycles. The van der Waals surface area contributed by atoms with Crippen LogP contribution in [0.25, 0.3) is 0 Å². The molecule has 2 amide bonds. The zero-order valence-corrected chi connectivity index (χ0v) is 15.5. The lowest BCUT2D eigenvalue weighted by molar-refractivity contribution is -0.139. The minimum absolute atomic E-state index is 0.0564. The normalized spacial score (nSPS) is 16.0. The van der Waals surface area contributed by atoms with Gasteiger partial charge in [-0.2, -0.15) is 5.10 Å². The van der Waals surface area contributed by atoms with Gasteiger partial charge in [0.05, 0.1) is 18.9 Å². The number of nitrogens with one attached hydrogen (secondary N) is 2. The molecule has 10 nitrogen and oxygen atoms in total. The van der Waals surface area contributed by atoms with Crippen molar-refractivity contribution in [3.8, 4) is 11.5 Å². The van der Waals surface area contributed by atoms with E-state index in [-0.39, 0.29) is 18.4 Å². The Bertz CT molecular complexity index is 730. The predicted molar refractivity (Wildman–Crippen MR) is 98.5 cm³/mol. The van der Waals surface area contributed by atoms with E-state index in [1.807, 2.05) is 0 Å². The number of aliphatic carboxylic acids is 1. The predicted octanol–water partition coefficient (Wildman–Crippen LogP) is 0.294. The number of hydrazone groups is 1. The maximum atomic E-state index is 11.7. The van der Waals surface area contributed by atoms with Crippen LogP contribution < -0.4 is 20.2 Å². The highest BCUT2D eigenvalue weighted by atomic mass is 16.5. The minimum atomic E-state index is -1.10. The molecule has 1 fully saturated rings. The van der Waals surface area contributed by atoms with Gasteiger partial charge in [0.2, 0.25) is 0 Å². The quantitative estimate of drug-likeness (QED) is 0.312. The maximum Gasteiger partial charge on any atom is 0.341 e. The molecule has 0 radical (unpaired) electrons. The first-order valence-electron chi connectivity index (χ1n) is 8.84. The number of rotatable bonds is 9. The fourth-order valence-corrected chi connectivity index (χ4v) is 2.44. The van der Waals surface area contributed by atoms with Gasteiger partial charge in [0.1, 0.15) is 0 Å². The summed E-state index contributed by atoms with van der Waals surface area (Å²) in [6, 6.07) is 4.71. The van der Waals surface area contributed by atoms with Crippen LogP contribution in [0.3, 0.4) is 0 Å². The Morgan fingerprint density at radius 2 is 2.11 bits per heavy atom. The molecule has 3 N–H and O–H groups in total. The molecule has 10 heteroatoms. The number of benzene rings is 1. The summed E-state index contributed by atoms with van der Waals surface area (Å²) < 4.78 is 15.9. The van der Waals surface area contributed by atoms with Crippen LogP contribution in [0.15, 0.2) is 23.3 Å². The van der Waals surface area contributed by atoms with Crippen molar-refractivity contribution in [2.24, 2.45) is 5.10 Å². The van der Waals surface area contributed by atoms with Crippen LogP contribution >= 0.6 is 0 Å². The van der Waals surface area contributed by atoms with E-state index < -0.39 is 24.4 Å². The van der Waals surface area contributed by atoms with Crippen molar-refractivity contribution >= 4 is 24.0 Å². The Morgan fingerprint density at radius 3 is 2.79 bits per heavy atom. The Labute approximate surface area is 161 Å². The van der Waals surface area contributed by atoms with E-state index in [9.17, 15) is 14.4 Å². The molecule has 0 aromatic heterocycles. The summed E-state index contributed by atoms with van der Waals surface area (Å²) in [6.07, 6.45) is 3.07. The number of carboxylic acid groups (broad SMARTS) is 1. The van der Waals surface area contributed by atoms with Gasteiger partial charge < -0.3 is 24.6 Å². The van der Waals surface area contributed by atoms with Crippen LogP contribution in [0.1, 0.15) is 25.3 Å². The average Bonchev–Trinajstić information content (AvgIpc) is 3.19. The second kappa shape index (κ2) is 10.9. The number of nitrogens with zero attached hydrogens (tertiary/aromatic N) is 1. The van der Waals surface area contributed by atoms with E-state index in [0.717, 1.165) is 12.8 Å². The van der Waals surface area contributed by atoms with Crippen molar-refractivity contribution in [1.82, 2.24) is 10.7 Å². The second-order valence-corrected chi connectivity index (χ2v) is 5.87. The molecule has 28 heavy (non-hydrogen) atoms. The molecule has 152 valence electrons. The van der Waals surface area contributed by atoms with Crippen molar-refractivity contribution in [3.05, 3.63) is 23.8 Å². The van der Waals surface area contributed by atoms with Crippen LogP contribution in [-0.2, 0) is 19.1 Å². The van der Waals surface area contributed by atoms with Crippen LogP contribution in [0.2, 0.25) is 0 Å². The monoisotopic (exact) mass is 393 g/mol. The molecule has 0 unspecified atom stereocenters. The number of carbonyl (C=O) groups excluding carboxylic acids is 2. The number of hydrogen-bond donors (Lipinski definition) is 3. The molecule has 2 rings (SSSR count). The first kappa shape index (κ1) is 21.2. The third-order valence-corrected chi connectivity index (χ3v) is 3.72. The topological polar surface area (TPSA) is 136 Å². The van der Waals surface area contributed by atoms with Crippen LogP contribution in [0.4, 0.5) is 0 Å². The highest BCUT2D eigenvalue weighted by molar-refractivity contribution is 6.35. The highest BCUT2D eigenvalue weighted by Crippen LogP contribution is 2.28. The van der Waals surface area contributed by atoms with Crippen LogP contribution in [0.5, 0.6) is 11.5 Å². The van der Waals surface area contributed by atoms with E-state index >= 15 is 0 Å². The minimum Gasteiger partial charge on any atom is -0.490 e. The maximum absolute atomic E-state index is 11.7. The molecular weight excluding hydrogens is 370 g/mol. The summed E-state index contributed by atoms with van der Waals surface area (Å²) in [5.74, 6) is -2.17. The molecule has 0 spiro atoms. The van der Waals surface area contributed by atoms with Crippen molar-refractivity contribution in [1.29, 1.82) is 0 Å². The van der Waals surface area contributed by atoms with E-state index in [2.05, 4.69) is 15.8 Å². The average molecular weight is 393 g/mol. The molecule has 0 aliphatic carbocycles. The summed E-state index contributed by atoms with van der Waals surface area (Å²) in [5, 5.41) is 14.9. The van der Waals surface area contributed by atoms with E-state index in [0.29, 0.717) is 24.5 Å². The third kappa shape index (κ3) is 6.88. The summed E-state index contributed by atoms with van der Waals surface area (Å²) >= 11 is 0. The molecule has 1 aliphatic rings. The van der Waals surface area contributed by atoms with Gasteiger partial charge in [-0.15, -0.1) is 0 Å². The highest BCUT2D eigenvalue weighted by Gasteiger charge is 2.19. The van der Waals surface area contributed by atoms with Gasteiger partial charge >= 0.3 is 17.8 Å². The number of amides is 2. The van der Waals surface area contributed by atoms with Crippen molar-refractivity contribution < 1.29 is 33.7 Å². The summed E-state index contributed by atoms with van der Waals surface area (Å²) in [7, 11) is 0. The number of hydrogen-bond acceptors (Lipinski definition) is 7. The SMILES string of the molecule is CCOc1cc(/C=N\NC(=O)C(=O)NC[C@H]2CCCO2)ccc1OCC(=O)O. The fourth-order valence-electron chi connectivity index (χ4n) is 2.44. The molecular formula is C18H23N3O7. The Balaban J connectivity index is 1.87. The van der Waals surface area contributed by atoms with Crippen molar-refractivity contribution in [2.75, 3.05) is 26.4 Å². The lowest BCUT2D eigenvalue weighted by Gasteiger charge is -2.11. The molecule has 1 heterocycles. The van der Waals surface area contributed by atoms with E-state index in [4.69, 9.17) is 19.3 Å². The lowest BCUT2D eigenvalue weighted by atomic mass is 10.2. The second-order valence-electron chi connectivity index (χ2n) is 5.87. The van der Waals surface area contributed by atoms with Crippen LogP contribution in [0, 0.1) is 0 Å². The zero-order chi connectivity index (χ0) is 20.4. The summed E-state index contributed by atoms with van der Waals surface area (Å²) in [4.78, 5) is 34.1. The molecule has 1 atom stereocenters.